The Labute approximate surface area is 197 Å². The topological polar surface area (TPSA) is 70.4 Å². The first kappa shape index (κ1) is 25.1. The summed E-state index contributed by atoms with van der Waals surface area (Å²) in [5.74, 6) is 1.40. The summed E-state index contributed by atoms with van der Waals surface area (Å²) < 4.78 is 29.0. The molecule has 0 N–H and O–H groups in total. The third-order valence-electron chi connectivity index (χ3n) is 5.89. The predicted octanol–water partition coefficient (Wildman–Crippen LogP) is 5.69. The number of methoxy groups -OCH3 is 1. The second-order valence-corrected chi connectivity index (χ2v) is 9.48. The quantitative estimate of drug-likeness (QED) is 0.331. The predicted molar refractivity (Wildman–Crippen MR) is 126 cm³/mol. The second-order valence-electron chi connectivity index (χ2n) is 9.48. The van der Waals surface area contributed by atoms with Gasteiger partial charge in [-0.15, -0.1) is 0 Å². The van der Waals surface area contributed by atoms with Gasteiger partial charge in [0.05, 0.1) is 23.9 Å². The zero-order valence-corrected chi connectivity index (χ0v) is 20.5. The van der Waals surface area contributed by atoms with Gasteiger partial charge in [-0.2, -0.15) is 0 Å². The molecule has 0 saturated carbocycles. The highest BCUT2D eigenvalue weighted by Crippen LogP contribution is 2.50. The molecule has 7 heteroatoms. The Kier molecular flexibility index (Phi) is 8.08. The molecule has 0 aromatic carbocycles. The average Bonchev–Trinajstić information content (AvgIpc) is 3.34. The summed E-state index contributed by atoms with van der Waals surface area (Å²) in [6, 6.07) is 3.41. The molecule has 182 valence electrons. The van der Waals surface area contributed by atoms with Crippen molar-refractivity contribution in [2.45, 2.75) is 76.7 Å². The molecule has 7 nitrogen and oxygen atoms in total. The minimum atomic E-state index is -0.710. The summed E-state index contributed by atoms with van der Waals surface area (Å²) in [7, 11) is 1.60. The molecule has 3 heterocycles. The number of hydrogen-bond acceptors (Lipinski definition) is 6. The first-order valence-electron chi connectivity index (χ1n) is 11.6. The minimum absolute atomic E-state index is 0.140. The molecule has 1 amide bonds. The zero-order chi connectivity index (χ0) is 24.1. The van der Waals surface area contributed by atoms with Gasteiger partial charge in [0, 0.05) is 19.1 Å². The second kappa shape index (κ2) is 10.6. The van der Waals surface area contributed by atoms with E-state index in [0.717, 1.165) is 30.6 Å². The molecule has 1 aromatic heterocycles. The van der Waals surface area contributed by atoms with Crippen LogP contribution in [0.15, 0.2) is 52.9 Å². The lowest BCUT2D eigenvalue weighted by Crippen LogP contribution is -2.57. The Bertz CT molecular complexity index is 866. The first-order chi connectivity index (χ1) is 15.8. The van der Waals surface area contributed by atoms with E-state index in [2.05, 4.69) is 13.5 Å². The SMILES string of the molecule is C=CCOC1=CC2(CCCC)C(OCOC)CC(/C1=C\c1ccco1)N2C(=O)OC(C)(C)C. The molecule has 0 radical (unpaired) electrons. The molecule has 1 fully saturated rings. The van der Waals surface area contributed by atoms with Gasteiger partial charge < -0.3 is 23.4 Å². The van der Waals surface area contributed by atoms with E-state index in [1.54, 1.807) is 19.4 Å². The third-order valence-corrected chi connectivity index (χ3v) is 5.89. The number of ether oxygens (including phenoxy) is 4. The lowest BCUT2D eigenvalue weighted by molar-refractivity contribution is -0.0985. The van der Waals surface area contributed by atoms with Gasteiger partial charge in [-0.25, -0.2) is 4.79 Å². The van der Waals surface area contributed by atoms with Gasteiger partial charge in [-0.3, -0.25) is 4.90 Å². The fourth-order valence-electron chi connectivity index (χ4n) is 4.61. The Hall–Kier alpha value is -2.51. The summed E-state index contributed by atoms with van der Waals surface area (Å²) in [6.07, 6.45) is 9.89. The van der Waals surface area contributed by atoms with Crippen molar-refractivity contribution in [3.05, 3.63) is 54.2 Å². The molecule has 0 spiro atoms. The van der Waals surface area contributed by atoms with E-state index in [0.29, 0.717) is 18.8 Å². The average molecular weight is 460 g/mol. The molecule has 3 rings (SSSR count). The highest BCUT2D eigenvalue weighted by molar-refractivity contribution is 5.75. The molecule has 3 unspecified atom stereocenters. The van der Waals surface area contributed by atoms with Crippen LogP contribution < -0.4 is 0 Å². The van der Waals surface area contributed by atoms with Crippen LogP contribution in [0.25, 0.3) is 6.08 Å². The summed E-state index contributed by atoms with van der Waals surface area (Å²) in [5.41, 5.74) is -0.480. The van der Waals surface area contributed by atoms with Gasteiger partial charge in [-0.05, 0) is 51.5 Å². The summed E-state index contributed by atoms with van der Waals surface area (Å²) in [6.45, 7) is 12.1. The number of furan rings is 1. The van der Waals surface area contributed by atoms with E-state index < -0.39 is 11.1 Å². The number of carbonyl (C=O) groups is 1. The van der Waals surface area contributed by atoms with Crippen molar-refractivity contribution in [1.29, 1.82) is 0 Å². The van der Waals surface area contributed by atoms with Crippen molar-refractivity contribution >= 4 is 12.2 Å². The minimum Gasteiger partial charge on any atom is -0.489 e. The Morgan fingerprint density at radius 1 is 1.39 bits per heavy atom. The van der Waals surface area contributed by atoms with Crippen LogP contribution in [0.2, 0.25) is 0 Å². The number of nitrogens with zero attached hydrogens (tertiary/aromatic N) is 1. The highest BCUT2D eigenvalue weighted by atomic mass is 16.7. The smallest absolute Gasteiger partial charge is 0.411 e. The van der Waals surface area contributed by atoms with Crippen LogP contribution in [0, 0.1) is 0 Å². The van der Waals surface area contributed by atoms with E-state index in [1.165, 1.54) is 0 Å². The largest absolute Gasteiger partial charge is 0.489 e. The standard InChI is InChI=1S/C26H37NO6/c1-7-9-12-26-17-22(31-13-8-2)20(15-19-11-10-14-30-19)21(16-23(26)32-18-29-6)27(26)24(28)33-25(3,4)5/h8,10-11,14-15,17,21,23H,2,7,9,12-13,16,18H2,1,3-6H3/b20-15+. The van der Waals surface area contributed by atoms with E-state index in [9.17, 15) is 4.79 Å². The summed E-state index contributed by atoms with van der Waals surface area (Å²) >= 11 is 0. The van der Waals surface area contributed by atoms with Gasteiger partial charge in [0.1, 0.15) is 30.5 Å². The van der Waals surface area contributed by atoms with Crippen LogP contribution in [0.5, 0.6) is 0 Å². The molecule has 0 aliphatic carbocycles. The van der Waals surface area contributed by atoms with Gasteiger partial charge in [0.25, 0.3) is 0 Å². The molecule has 3 atom stereocenters. The normalized spacial score (nSPS) is 25.8. The van der Waals surface area contributed by atoms with Crippen LogP contribution in [0.4, 0.5) is 4.79 Å². The molecule has 2 bridgehead atoms. The molecular formula is C26H37NO6. The molecule has 2 aliphatic rings. The van der Waals surface area contributed by atoms with Crippen LogP contribution >= 0.6 is 0 Å². The highest BCUT2D eigenvalue weighted by Gasteiger charge is 2.60. The number of unbranched alkanes of at least 4 members (excludes halogenated alkanes) is 1. The van der Waals surface area contributed by atoms with Crippen LogP contribution in [-0.2, 0) is 18.9 Å². The number of rotatable bonds is 10. The first-order valence-corrected chi connectivity index (χ1v) is 11.6. The Balaban J connectivity index is 2.16. The molecular weight excluding hydrogens is 422 g/mol. The Morgan fingerprint density at radius 3 is 2.79 bits per heavy atom. The van der Waals surface area contributed by atoms with Gasteiger partial charge in [0.2, 0.25) is 0 Å². The number of amides is 1. The number of hydrogen-bond donors (Lipinski definition) is 0. The Morgan fingerprint density at radius 2 is 2.18 bits per heavy atom. The maximum Gasteiger partial charge on any atom is 0.411 e. The fourth-order valence-corrected chi connectivity index (χ4v) is 4.61. The van der Waals surface area contributed by atoms with Gasteiger partial charge >= 0.3 is 6.09 Å². The van der Waals surface area contributed by atoms with E-state index in [4.69, 9.17) is 23.4 Å². The van der Waals surface area contributed by atoms with Crippen molar-refractivity contribution in [2.24, 2.45) is 0 Å². The maximum absolute atomic E-state index is 13.6. The van der Waals surface area contributed by atoms with Crippen LogP contribution in [-0.4, -0.2) is 54.8 Å². The van der Waals surface area contributed by atoms with Crippen LogP contribution in [0.1, 0.15) is 59.1 Å². The number of carbonyl (C=O) groups excluding carboxylic acids is 1. The van der Waals surface area contributed by atoms with Gasteiger partial charge in [0.15, 0.2) is 0 Å². The molecule has 33 heavy (non-hydrogen) atoms. The molecule has 2 aliphatic heterocycles. The van der Waals surface area contributed by atoms with E-state index >= 15 is 0 Å². The molecule has 1 aromatic rings. The van der Waals surface area contributed by atoms with E-state index in [1.807, 2.05) is 50.0 Å². The maximum atomic E-state index is 13.6. The van der Waals surface area contributed by atoms with Crippen molar-refractivity contribution in [1.82, 2.24) is 4.90 Å². The summed E-state index contributed by atoms with van der Waals surface area (Å²) in [5, 5.41) is 0. The lowest BCUT2D eigenvalue weighted by atomic mass is 9.85. The lowest BCUT2D eigenvalue weighted by Gasteiger charge is -2.45. The van der Waals surface area contributed by atoms with Crippen molar-refractivity contribution in [3.63, 3.8) is 0 Å². The third kappa shape index (κ3) is 5.53. The molecule has 1 saturated heterocycles. The zero-order valence-electron chi connectivity index (χ0n) is 20.5. The number of fused-ring (bicyclic) bond motifs is 2. The van der Waals surface area contributed by atoms with Crippen molar-refractivity contribution < 1.29 is 28.2 Å². The van der Waals surface area contributed by atoms with Crippen molar-refractivity contribution in [3.8, 4) is 0 Å². The van der Waals surface area contributed by atoms with Crippen LogP contribution in [0.3, 0.4) is 0 Å². The fraction of sp³-hybridized carbons (Fsp3) is 0.577. The van der Waals surface area contributed by atoms with Gasteiger partial charge in [-0.1, -0.05) is 32.4 Å². The monoisotopic (exact) mass is 459 g/mol. The van der Waals surface area contributed by atoms with E-state index in [-0.39, 0.29) is 25.0 Å². The summed E-state index contributed by atoms with van der Waals surface area (Å²) in [4.78, 5) is 15.5. The van der Waals surface area contributed by atoms with Crippen molar-refractivity contribution in [2.75, 3.05) is 20.5 Å².